The number of pyridine rings is 1. The summed E-state index contributed by atoms with van der Waals surface area (Å²) < 4.78 is 27.3. The van der Waals surface area contributed by atoms with E-state index in [1.807, 2.05) is 30.6 Å². The van der Waals surface area contributed by atoms with Crippen LogP contribution in [-0.2, 0) is 10.0 Å². The van der Waals surface area contributed by atoms with E-state index >= 15 is 0 Å². The summed E-state index contributed by atoms with van der Waals surface area (Å²) in [4.78, 5) is 6.68. The Bertz CT molecular complexity index is 1040. The largest absolute Gasteiger partial charge is 0.367 e. The monoisotopic (exact) mass is 387 g/mol. The highest BCUT2D eigenvalue weighted by Crippen LogP contribution is 2.29. The lowest BCUT2D eigenvalue weighted by molar-refractivity contribution is 0.385. The summed E-state index contributed by atoms with van der Waals surface area (Å²) in [6.45, 7) is 2.05. The molecule has 4 rings (SSSR count). The third-order valence-electron chi connectivity index (χ3n) is 4.68. The fourth-order valence-electron chi connectivity index (χ4n) is 3.31. The highest BCUT2D eigenvalue weighted by atomic mass is 35.5. The quantitative estimate of drug-likeness (QED) is 0.691. The first-order valence-corrected chi connectivity index (χ1v) is 10.2. The van der Waals surface area contributed by atoms with E-state index in [0.717, 1.165) is 16.5 Å². The SMILES string of the molecule is O=S(=O)(c1ccccc1Cl)N1CCN(c2cncc3ccccc23)CC1. The van der Waals surface area contributed by atoms with E-state index in [1.165, 1.54) is 4.31 Å². The van der Waals surface area contributed by atoms with Gasteiger partial charge in [0, 0.05) is 43.1 Å². The van der Waals surface area contributed by atoms with Crippen LogP contribution in [0, 0.1) is 0 Å². The molecule has 1 fully saturated rings. The third-order valence-corrected chi connectivity index (χ3v) is 7.08. The second-order valence-electron chi connectivity index (χ2n) is 6.20. The van der Waals surface area contributed by atoms with Gasteiger partial charge in [-0.1, -0.05) is 48.0 Å². The van der Waals surface area contributed by atoms with Crippen molar-refractivity contribution in [2.24, 2.45) is 0 Å². The van der Waals surface area contributed by atoms with Crippen LogP contribution in [0.3, 0.4) is 0 Å². The second kappa shape index (κ2) is 6.87. The zero-order chi connectivity index (χ0) is 18.1. The number of rotatable bonds is 3. The Morgan fingerprint density at radius 3 is 2.35 bits per heavy atom. The summed E-state index contributed by atoms with van der Waals surface area (Å²) in [6.07, 6.45) is 3.69. The van der Waals surface area contributed by atoms with Crippen molar-refractivity contribution >= 4 is 38.1 Å². The number of halogens is 1. The van der Waals surface area contributed by atoms with Gasteiger partial charge >= 0.3 is 0 Å². The number of piperazine rings is 1. The van der Waals surface area contributed by atoms with Gasteiger partial charge < -0.3 is 4.90 Å². The molecule has 0 amide bonds. The van der Waals surface area contributed by atoms with Crippen molar-refractivity contribution in [2.45, 2.75) is 4.90 Å². The van der Waals surface area contributed by atoms with Gasteiger partial charge in [-0.25, -0.2) is 8.42 Å². The Morgan fingerprint density at radius 2 is 1.58 bits per heavy atom. The molecular weight excluding hydrogens is 370 g/mol. The van der Waals surface area contributed by atoms with Crippen LogP contribution in [0.2, 0.25) is 5.02 Å². The summed E-state index contributed by atoms with van der Waals surface area (Å²) in [5.41, 5.74) is 1.04. The number of aromatic nitrogens is 1. The molecule has 2 aromatic carbocycles. The molecule has 1 aliphatic heterocycles. The lowest BCUT2D eigenvalue weighted by Crippen LogP contribution is -2.48. The van der Waals surface area contributed by atoms with E-state index in [2.05, 4.69) is 16.0 Å². The maximum absolute atomic E-state index is 12.9. The topological polar surface area (TPSA) is 53.5 Å². The Balaban J connectivity index is 1.57. The predicted molar refractivity (Wildman–Crippen MR) is 104 cm³/mol. The molecule has 0 spiro atoms. The van der Waals surface area contributed by atoms with Crippen molar-refractivity contribution in [3.05, 3.63) is 65.9 Å². The van der Waals surface area contributed by atoms with Gasteiger partial charge in [0.25, 0.3) is 0 Å². The maximum atomic E-state index is 12.9. The molecule has 0 unspecified atom stereocenters. The van der Waals surface area contributed by atoms with Crippen molar-refractivity contribution < 1.29 is 8.42 Å². The number of anilines is 1. The predicted octanol–water partition coefficient (Wildman–Crippen LogP) is 3.40. The first-order chi connectivity index (χ1) is 12.6. The third kappa shape index (κ3) is 3.05. The molecule has 0 atom stereocenters. The van der Waals surface area contributed by atoms with E-state index in [1.54, 1.807) is 24.3 Å². The first-order valence-electron chi connectivity index (χ1n) is 8.40. The van der Waals surface area contributed by atoms with E-state index in [0.29, 0.717) is 26.2 Å². The average Bonchev–Trinajstić information content (AvgIpc) is 2.68. The molecule has 0 radical (unpaired) electrons. The molecule has 2 heterocycles. The van der Waals surface area contributed by atoms with E-state index in [4.69, 9.17) is 11.6 Å². The minimum absolute atomic E-state index is 0.168. The first kappa shape index (κ1) is 17.3. The molecule has 1 saturated heterocycles. The summed E-state index contributed by atoms with van der Waals surface area (Å²) >= 11 is 6.09. The van der Waals surface area contributed by atoms with Crippen LogP contribution in [-0.4, -0.2) is 43.9 Å². The molecule has 0 bridgehead atoms. The molecule has 7 heteroatoms. The van der Waals surface area contributed by atoms with Gasteiger partial charge in [0.15, 0.2) is 0 Å². The lowest BCUT2D eigenvalue weighted by atomic mass is 10.1. The van der Waals surface area contributed by atoms with Crippen LogP contribution in [0.1, 0.15) is 0 Å². The number of fused-ring (bicyclic) bond motifs is 1. The van der Waals surface area contributed by atoms with Gasteiger partial charge in [-0.15, -0.1) is 0 Å². The summed E-state index contributed by atoms with van der Waals surface area (Å²) in [5, 5.41) is 2.47. The standard InChI is InChI=1S/C19H18ClN3O2S/c20-17-7-3-4-8-19(17)26(24,25)23-11-9-22(10-12-23)18-14-21-13-15-5-1-2-6-16(15)18/h1-8,13-14H,9-12H2. The number of nitrogens with zero attached hydrogens (tertiary/aromatic N) is 3. The van der Waals surface area contributed by atoms with Gasteiger partial charge in [0.2, 0.25) is 10.0 Å². The molecule has 1 aromatic heterocycles. The normalized spacial score (nSPS) is 16.1. The van der Waals surface area contributed by atoms with Gasteiger partial charge in [0.05, 0.1) is 16.9 Å². The second-order valence-corrected chi connectivity index (χ2v) is 8.51. The molecule has 1 aliphatic rings. The van der Waals surface area contributed by atoms with Crippen molar-refractivity contribution in [1.29, 1.82) is 0 Å². The maximum Gasteiger partial charge on any atom is 0.244 e. The van der Waals surface area contributed by atoms with Gasteiger partial charge in [0.1, 0.15) is 4.90 Å². The zero-order valence-electron chi connectivity index (χ0n) is 14.0. The Morgan fingerprint density at radius 1 is 0.885 bits per heavy atom. The molecule has 5 nitrogen and oxygen atoms in total. The van der Waals surface area contributed by atoms with E-state index < -0.39 is 10.0 Å². The number of benzene rings is 2. The Hall–Kier alpha value is -2.15. The molecule has 134 valence electrons. The van der Waals surface area contributed by atoms with Gasteiger partial charge in [-0.3, -0.25) is 4.98 Å². The van der Waals surface area contributed by atoms with Gasteiger partial charge in [-0.2, -0.15) is 4.31 Å². The molecule has 0 saturated carbocycles. The fraction of sp³-hybridized carbons (Fsp3) is 0.211. The van der Waals surface area contributed by atoms with Crippen LogP contribution < -0.4 is 4.90 Å². The summed E-state index contributed by atoms with van der Waals surface area (Å²) in [5.74, 6) is 0. The van der Waals surface area contributed by atoms with E-state index in [9.17, 15) is 8.42 Å². The van der Waals surface area contributed by atoms with Crippen molar-refractivity contribution in [2.75, 3.05) is 31.1 Å². The molecular formula is C19H18ClN3O2S. The van der Waals surface area contributed by atoms with Crippen LogP contribution in [0.25, 0.3) is 10.8 Å². The fourth-order valence-corrected chi connectivity index (χ4v) is 5.23. The smallest absolute Gasteiger partial charge is 0.244 e. The van der Waals surface area contributed by atoms with Crippen LogP contribution in [0.4, 0.5) is 5.69 Å². The van der Waals surface area contributed by atoms with Crippen molar-refractivity contribution in [3.63, 3.8) is 0 Å². The molecule has 3 aromatic rings. The van der Waals surface area contributed by atoms with Crippen molar-refractivity contribution in [1.82, 2.24) is 9.29 Å². The summed E-state index contributed by atoms with van der Waals surface area (Å²) in [7, 11) is -3.58. The minimum atomic E-state index is -3.58. The number of hydrogen-bond acceptors (Lipinski definition) is 4. The lowest BCUT2D eigenvalue weighted by Gasteiger charge is -2.35. The van der Waals surface area contributed by atoms with Gasteiger partial charge in [-0.05, 0) is 12.1 Å². The average molecular weight is 388 g/mol. The minimum Gasteiger partial charge on any atom is -0.367 e. The number of sulfonamides is 1. The zero-order valence-corrected chi connectivity index (χ0v) is 15.6. The van der Waals surface area contributed by atoms with E-state index in [-0.39, 0.29) is 9.92 Å². The summed E-state index contributed by atoms with van der Waals surface area (Å²) in [6, 6.07) is 14.7. The highest BCUT2D eigenvalue weighted by Gasteiger charge is 2.30. The molecule has 0 aliphatic carbocycles. The molecule has 26 heavy (non-hydrogen) atoms. The van der Waals surface area contributed by atoms with Crippen LogP contribution in [0.15, 0.2) is 65.8 Å². The highest BCUT2D eigenvalue weighted by molar-refractivity contribution is 7.89. The van der Waals surface area contributed by atoms with Crippen LogP contribution >= 0.6 is 11.6 Å². The molecule has 0 N–H and O–H groups in total. The Kier molecular flexibility index (Phi) is 4.56. The van der Waals surface area contributed by atoms with Crippen LogP contribution in [0.5, 0.6) is 0 Å². The number of hydrogen-bond donors (Lipinski definition) is 0. The Labute approximate surface area is 157 Å². The van der Waals surface area contributed by atoms with Crippen molar-refractivity contribution in [3.8, 4) is 0 Å².